The monoisotopic (exact) mass is 445 g/mol. The molecule has 1 aromatic heterocycles. The van der Waals surface area contributed by atoms with Gasteiger partial charge in [0.25, 0.3) is 6.33 Å². The van der Waals surface area contributed by atoms with Crippen LogP contribution >= 0.6 is 0 Å². The van der Waals surface area contributed by atoms with Crippen LogP contribution in [0.3, 0.4) is 0 Å². The Kier molecular flexibility index (Phi) is 6.55. The van der Waals surface area contributed by atoms with E-state index in [0.29, 0.717) is 28.7 Å². The molecule has 3 aromatic rings. The molecule has 31 heavy (non-hydrogen) atoms. The smallest absolute Gasteiger partial charge is 0.491 e. The molecule has 0 spiro atoms. The number of carbonyl (C=O) groups is 1. The molecule has 0 N–H and O–H groups in total. The second kappa shape index (κ2) is 9.13. The van der Waals surface area contributed by atoms with E-state index in [-0.39, 0.29) is 12.0 Å². The summed E-state index contributed by atoms with van der Waals surface area (Å²) in [5, 5.41) is 0. The topological polar surface area (TPSA) is 78.5 Å². The van der Waals surface area contributed by atoms with Crippen LogP contribution in [0.5, 0.6) is 11.5 Å². The summed E-state index contributed by atoms with van der Waals surface area (Å²) in [6, 6.07) is 11.4. The van der Waals surface area contributed by atoms with Crippen molar-refractivity contribution in [1.82, 2.24) is 3.97 Å². The highest BCUT2D eigenvalue weighted by Crippen LogP contribution is 2.30. The van der Waals surface area contributed by atoms with E-state index in [0.717, 1.165) is 3.97 Å². The lowest BCUT2D eigenvalue weighted by atomic mass is 9.96. The summed E-state index contributed by atoms with van der Waals surface area (Å²) in [5.41, 5.74) is 1.80. The van der Waals surface area contributed by atoms with Crippen LogP contribution in [0.15, 0.2) is 66.8 Å². The molecule has 0 saturated heterocycles. The first-order chi connectivity index (χ1) is 14.8. The van der Waals surface area contributed by atoms with Crippen molar-refractivity contribution in [2.45, 2.75) is 13.3 Å². The minimum absolute atomic E-state index is 0.0467. The number of methoxy groups -OCH3 is 1. The second-order valence-corrected chi connectivity index (χ2v) is 8.27. The zero-order valence-corrected chi connectivity index (χ0v) is 18.1. The number of aromatic nitrogens is 2. The predicted molar refractivity (Wildman–Crippen MR) is 112 cm³/mol. The molecule has 0 fully saturated rings. The van der Waals surface area contributed by atoms with Crippen molar-refractivity contribution >= 4 is 22.2 Å². The van der Waals surface area contributed by atoms with Crippen LogP contribution < -0.4 is 13.5 Å². The molecule has 0 unspecified atom stereocenters. The van der Waals surface area contributed by atoms with Gasteiger partial charge < -0.3 is 8.92 Å². The number of allylic oxidation sites excluding steroid dienone is 2. The molecule has 0 atom stereocenters. The Labute approximate surface area is 180 Å². The third kappa shape index (κ3) is 4.83. The normalized spacial score (nSPS) is 12.3. The Hall–Kier alpha value is -3.46. The first kappa shape index (κ1) is 22.2. The van der Waals surface area contributed by atoms with E-state index in [1.165, 1.54) is 48.6 Å². The number of nitrogens with zero attached hydrogens (tertiary/aromatic N) is 2. The first-order valence-corrected chi connectivity index (χ1v) is 10.7. The summed E-state index contributed by atoms with van der Waals surface area (Å²) in [6.45, 7) is 1.75. The van der Waals surface area contributed by atoms with Gasteiger partial charge in [-0.25, -0.2) is 8.96 Å². The van der Waals surface area contributed by atoms with Crippen LogP contribution in [0.2, 0.25) is 0 Å². The van der Waals surface area contributed by atoms with Crippen LogP contribution in [-0.4, -0.2) is 25.8 Å². The number of carbonyl (C=O) groups excluding carboxylic acids is 1. The number of para-hydroxylation sites is 1. The number of aryl methyl sites for hydroxylation is 1. The van der Waals surface area contributed by atoms with E-state index in [1.807, 2.05) is 12.1 Å². The van der Waals surface area contributed by atoms with E-state index >= 15 is 4.39 Å². The lowest BCUT2D eigenvalue weighted by Gasteiger charge is -2.13. The van der Waals surface area contributed by atoms with E-state index in [2.05, 4.69) is 0 Å². The predicted octanol–water partition coefficient (Wildman–Crippen LogP) is 2.85. The van der Waals surface area contributed by atoms with E-state index in [4.69, 9.17) is 8.92 Å². The molecule has 0 amide bonds. The Bertz CT molecular complexity index is 1250. The number of imidazole rings is 1. The maximum Gasteiger partial charge on any atom is 0.491 e. The van der Waals surface area contributed by atoms with Crippen molar-refractivity contribution in [3.8, 4) is 11.5 Å². The molecule has 9 heteroatoms. The number of aldehydes is 1. The summed E-state index contributed by atoms with van der Waals surface area (Å²) in [4.78, 5) is 11.8. The molecule has 7 nitrogen and oxygen atoms in total. The number of benzene rings is 2. The van der Waals surface area contributed by atoms with Crippen LogP contribution in [0.25, 0.3) is 5.57 Å². The summed E-state index contributed by atoms with van der Waals surface area (Å²) < 4.78 is 52.5. The van der Waals surface area contributed by atoms with Gasteiger partial charge in [0.15, 0.2) is 17.8 Å². The SMILES string of the molecule is COc1ccccc1/C(C)=C(\C=O)Cc1cccc(OS(=O)(=O)n2cc[n+](C)c2)c1F. The van der Waals surface area contributed by atoms with Crippen molar-refractivity contribution in [3.63, 3.8) is 0 Å². The highest BCUT2D eigenvalue weighted by molar-refractivity contribution is 7.85. The quantitative estimate of drug-likeness (QED) is 0.303. The summed E-state index contributed by atoms with van der Waals surface area (Å²) in [7, 11) is -1.11. The molecule has 0 radical (unpaired) electrons. The third-order valence-electron chi connectivity index (χ3n) is 4.76. The third-order valence-corrected chi connectivity index (χ3v) is 5.88. The minimum Gasteiger partial charge on any atom is -0.496 e. The molecule has 3 rings (SSSR count). The van der Waals surface area contributed by atoms with Gasteiger partial charge in [-0.3, -0.25) is 4.79 Å². The minimum atomic E-state index is -4.28. The molecule has 0 aliphatic rings. The van der Waals surface area contributed by atoms with Crippen molar-refractivity contribution in [1.29, 1.82) is 0 Å². The first-order valence-electron chi connectivity index (χ1n) is 9.30. The Balaban J connectivity index is 1.94. The fourth-order valence-corrected chi connectivity index (χ4v) is 3.98. The maximum atomic E-state index is 15.1. The molecule has 1 heterocycles. The molecule has 0 bridgehead atoms. The van der Waals surface area contributed by atoms with E-state index < -0.39 is 21.9 Å². The number of ether oxygens (including phenoxy) is 1. The van der Waals surface area contributed by atoms with Gasteiger partial charge in [0.2, 0.25) is 0 Å². The van der Waals surface area contributed by atoms with Gasteiger partial charge in [0, 0.05) is 12.0 Å². The number of rotatable bonds is 8. The zero-order valence-electron chi connectivity index (χ0n) is 17.3. The van der Waals surface area contributed by atoms with Crippen molar-refractivity contribution in [3.05, 3.63) is 83.7 Å². The van der Waals surface area contributed by atoms with Gasteiger partial charge >= 0.3 is 10.3 Å². The molecule has 0 aliphatic heterocycles. The summed E-state index contributed by atoms with van der Waals surface area (Å²) in [6.07, 6.45) is 4.68. The zero-order chi connectivity index (χ0) is 22.6. The second-order valence-electron chi connectivity index (χ2n) is 6.82. The van der Waals surface area contributed by atoms with Gasteiger partial charge in [-0.2, -0.15) is 0 Å². The Morgan fingerprint density at radius 3 is 2.52 bits per heavy atom. The van der Waals surface area contributed by atoms with Crippen molar-refractivity contribution in [2.75, 3.05) is 7.11 Å². The number of hydrogen-bond acceptors (Lipinski definition) is 5. The molecular weight excluding hydrogens is 423 g/mol. The molecule has 0 saturated carbocycles. The van der Waals surface area contributed by atoms with Crippen LogP contribution in [-0.2, 0) is 28.6 Å². The fourth-order valence-electron chi connectivity index (χ4n) is 3.07. The Morgan fingerprint density at radius 1 is 1.16 bits per heavy atom. The van der Waals surface area contributed by atoms with Crippen LogP contribution in [0, 0.1) is 5.82 Å². The molecular formula is C22H22FN2O5S+. The maximum absolute atomic E-state index is 15.1. The van der Waals surface area contributed by atoms with Gasteiger partial charge in [-0.05, 0) is 35.8 Å². The number of hydrogen-bond donors (Lipinski definition) is 0. The standard InChI is InChI=1S/C22H22FN2O5S/c1-16(19-8-4-5-9-20(19)29-3)18(14-26)13-17-7-6-10-21(22(17)23)30-31(27,28)25-12-11-24(2)15-25/h4-12,14-15H,13H2,1-3H3/q+1/b18-16-. The average Bonchev–Trinajstić information content (AvgIpc) is 3.21. The lowest BCUT2D eigenvalue weighted by Crippen LogP contribution is -2.26. The number of halogens is 1. The Morgan fingerprint density at radius 2 is 1.87 bits per heavy atom. The van der Waals surface area contributed by atoms with Crippen LogP contribution in [0.1, 0.15) is 18.1 Å². The lowest BCUT2D eigenvalue weighted by molar-refractivity contribution is -0.670. The van der Waals surface area contributed by atoms with Gasteiger partial charge in [-0.15, -0.1) is 8.42 Å². The van der Waals surface area contributed by atoms with E-state index in [9.17, 15) is 13.2 Å². The highest BCUT2D eigenvalue weighted by atomic mass is 32.2. The van der Waals surface area contributed by atoms with Gasteiger partial charge in [0.1, 0.15) is 18.2 Å². The average molecular weight is 445 g/mol. The summed E-state index contributed by atoms with van der Waals surface area (Å²) in [5.74, 6) is -0.716. The van der Waals surface area contributed by atoms with E-state index in [1.54, 1.807) is 26.1 Å². The van der Waals surface area contributed by atoms with Gasteiger partial charge in [-0.1, -0.05) is 34.3 Å². The largest absolute Gasteiger partial charge is 0.496 e. The molecule has 2 aromatic carbocycles. The molecule has 0 aliphatic carbocycles. The van der Waals surface area contributed by atoms with Gasteiger partial charge in [0.05, 0.1) is 14.2 Å². The van der Waals surface area contributed by atoms with Crippen molar-refractivity contribution in [2.24, 2.45) is 7.05 Å². The highest BCUT2D eigenvalue weighted by Gasteiger charge is 2.25. The summed E-state index contributed by atoms with van der Waals surface area (Å²) >= 11 is 0. The fraction of sp³-hybridized carbons (Fsp3) is 0.182. The van der Waals surface area contributed by atoms with Crippen LogP contribution in [0.4, 0.5) is 4.39 Å². The molecule has 162 valence electrons. The van der Waals surface area contributed by atoms with Crippen molar-refractivity contribution < 1.29 is 31.1 Å².